The summed E-state index contributed by atoms with van der Waals surface area (Å²) in [6.45, 7) is 0.694. The minimum absolute atomic E-state index is 0.0739. The van der Waals surface area contributed by atoms with Crippen molar-refractivity contribution in [1.29, 1.82) is 0 Å². The molecule has 0 amide bonds. The number of hydrogen-bond acceptors (Lipinski definition) is 3. The van der Waals surface area contributed by atoms with E-state index in [1.807, 2.05) is 79.1 Å². The van der Waals surface area contributed by atoms with Crippen LogP contribution in [-0.2, 0) is 6.42 Å². The Hall–Kier alpha value is -3.24. The van der Waals surface area contributed by atoms with E-state index in [2.05, 4.69) is 15.3 Å². The van der Waals surface area contributed by atoms with Crippen molar-refractivity contribution in [3.8, 4) is 0 Å². The number of fused-ring (bicyclic) bond motifs is 1. The van der Waals surface area contributed by atoms with Crippen LogP contribution in [0.5, 0.6) is 0 Å². The average molecular weight is 355 g/mol. The molecule has 0 bridgehead atoms. The zero-order valence-electron chi connectivity index (χ0n) is 14.9. The van der Waals surface area contributed by atoms with Gasteiger partial charge in [-0.05, 0) is 29.7 Å². The molecule has 0 aliphatic rings. The number of carbonyl (C=O) groups excluding carboxylic acids is 1. The van der Waals surface area contributed by atoms with E-state index in [9.17, 15) is 4.79 Å². The van der Waals surface area contributed by atoms with E-state index in [0.29, 0.717) is 12.1 Å². The Morgan fingerprint density at radius 2 is 1.81 bits per heavy atom. The molecule has 4 aromatic rings. The van der Waals surface area contributed by atoms with Crippen LogP contribution in [0.2, 0.25) is 0 Å². The second-order valence-electron chi connectivity index (χ2n) is 6.52. The molecule has 4 rings (SSSR count). The first-order valence-electron chi connectivity index (χ1n) is 9.10. The van der Waals surface area contributed by atoms with Gasteiger partial charge in [-0.1, -0.05) is 54.6 Å². The summed E-state index contributed by atoms with van der Waals surface area (Å²) in [6.07, 6.45) is 6.26. The summed E-state index contributed by atoms with van der Waals surface area (Å²) in [7, 11) is 0. The molecule has 27 heavy (non-hydrogen) atoms. The van der Waals surface area contributed by atoms with Gasteiger partial charge in [0.1, 0.15) is 0 Å². The molecule has 0 unspecified atom stereocenters. The molecule has 4 heteroatoms. The highest BCUT2D eigenvalue weighted by molar-refractivity contribution is 6.10. The Morgan fingerprint density at radius 1 is 1.00 bits per heavy atom. The van der Waals surface area contributed by atoms with Crippen molar-refractivity contribution in [2.75, 3.05) is 6.54 Å². The average Bonchev–Trinajstić information content (AvgIpc) is 3.16. The van der Waals surface area contributed by atoms with Gasteiger partial charge >= 0.3 is 0 Å². The fraction of sp³-hybridized carbons (Fsp3) is 0.130. The quantitative estimate of drug-likeness (QED) is 0.486. The maximum absolute atomic E-state index is 13.4. The first-order valence-corrected chi connectivity index (χ1v) is 9.10. The molecular formula is C23H21N3O. The molecule has 0 radical (unpaired) electrons. The lowest BCUT2D eigenvalue weighted by molar-refractivity contribution is 0.0945. The fourth-order valence-electron chi connectivity index (χ4n) is 3.35. The van der Waals surface area contributed by atoms with Crippen LogP contribution in [0.4, 0.5) is 0 Å². The highest BCUT2D eigenvalue weighted by Crippen LogP contribution is 2.24. The van der Waals surface area contributed by atoms with Crippen molar-refractivity contribution in [2.24, 2.45) is 0 Å². The zero-order chi connectivity index (χ0) is 18.5. The van der Waals surface area contributed by atoms with Gasteiger partial charge in [0.25, 0.3) is 0 Å². The number of Topliss-reactive ketones (excluding diaryl/α,β-unsaturated/α-hetero) is 1. The second kappa shape index (κ2) is 7.98. The Labute approximate surface area is 158 Å². The maximum atomic E-state index is 13.4. The number of nitrogens with zero attached hydrogens (tertiary/aromatic N) is 1. The van der Waals surface area contributed by atoms with Gasteiger partial charge in [0.2, 0.25) is 0 Å². The van der Waals surface area contributed by atoms with E-state index in [-0.39, 0.29) is 11.8 Å². The Morgan fingerprint density at radius 3 is 2.63 bits per heavy atom. The second-order valence-corrected chi connectivity index (χ2v) is 6.52. The number of H-pyrrole nitrogens is 1. The minimum Gasteiger partial charge on any atom is -0.360 e. The summed E-state index contributed by atoms with van der Waals surface area (Å²) in [5.74, 6) is 0.0739. The summed E-state index contributed by atoms with van der Waals surface area (Å²) >= 11 is 0. The third-order valence-corrected chi connectivity index (χ3v) is 4.73. The molecule has 0 saturated heterocycles. The zero-order valence-corrected chi connectivity index (χ0v) is 14.9. The number of para-hydroxylation sites is 1. The molecule has 2 aromatic heterocycles. The third kappa shape index (κ3) is 3.81. The third-order valence-electron chi connectivity index (χ3n) is 4.73. The minimum atomic E-state index is -0.387. The molecule has 1 atom stereocenters. The molecule has 0 fully saturated rings. The first kappa shape index (κ1) is 17.2. The van der Waals surface area contributed by atoms with Crippen LogP contribution in [0.25, 0.3) is 10.9 Å². The van der Waals surface area contributed by atoms with Crippen LogP contribution in [0, 0.1) is 0 Å². The summed E-state index contributed by atoms with van der Waals surface area (Å²) in [4.78, 5) is 20.7. The first-order chi connectivity index (χ1) is 13.3. The van der Waals surface area contributed by atoms with E-state index >= 15 is 0 Å². The number of aromatic amines is 1. The van der Waals surface area contributed by atoms with Gasteiger partial charge < -0.3 is 10.3 Å². The van der Waals surface area contributed by atoms with Gasteiger partial charge in [-0.3, -0.25) is 9.78 Å². The number of aromatic nitrogens is 2. The Bertz CT molecular complexity index is 1030. The van der Waals surface area contributed by atoms with E-state index in [1.54, 1.807) is 6.20 Å². The van der Waals surface area contributed by atoms with Crippen LogP contribution in [0.1, 0.15) is 27.5 Å². The molecule has 4 nitrogen and oxygen atoms in total. The number of ketones is 1. The lowest BCUT2D eigenvalue weighted by atomic mass is 9.97. The highest BCUT2D eigenvalue weighted by Gasteiger charge is 2.23. The lowest BCUT2D eigenvalue weighted by Crippen LogP contribution is -2.30. The van der Waals surface area contributed by atoms with Crippen molar-refractivity contribution in [3.63, 3.8) is 0 Å². The van der Waals surface area contributed by atoms with Crippen LogP contribution in [0.3, 0.4) is 0 Å². The van der Waals surface area contributed by atoms with Crippen molar-refractivity contribution in [3.05, 3.63) is 102 Å². The van der Waals surface area contributed by atoms with Crippen LogP contribution in [0.15, 0.2) is 85.3 Å². The molecule has 134 valence electrons. The molecule has 2 heterocycles. The Balaban J connectivity index is 1.59. The number of pyridine rings is 1. The van der Waals surface area contributed by atoms with Crippen LogP contribution >= 0.6 is 0 Å². The summed E-state index contributed by atoms with van der Waals surface area (Å²) in [6, 6.07) is 21.4. The molecule has 2 N–H and O–H groups in total. The number of benzene rings is 2. The van der Waals surface area contributed by atoms with E-state index in [0.717, 1.165) is 28.5 Å². The predicted octanol–water partition coefficient (Wildman–Crippen LogP) is 4.32. The number of hydrogen-bond donors (Lipinski definition) is 2. The smallest absolute Gasteiger partial charge is 0.186 e. The normalized spacial score (nSPS) is 12.1. The number of carbonyl (C=O) groups is 1. The van der Waals surface area contributed by atoms with Gasteiger partial charge in [0.15, 0.2) is 5.78 Å². The lowest BCUT2D eigenvalue weighted by Gasteiger charge is -2.18. The van der Waals surface area contributed by atoms with Gasteiger partial charge in [0, 0.05) is 41.6 Å². The largest absolute Gasteiger partial charge is 0.360 e. The van der Waals surface area contributed by atoms with E-state index in [1.165, 1.54) is 0 Å². The van der Waals surface area contributed by atoms with Gasteiger partial charge in [-0.15, -0.1) is 0 Å². The highest BCUT2D eigenvalue weighted by atomic mass is 16.1. The van der Waals surface area contributed by atoms with Crippen molar-refractivity contribution < 1.29 is 4.79 Å². The topological polar surface area (TPSA) is 57.8 Å². The van der Waals surface area contributed by atoms with Crippen LogP contribution in [-0.4, -0.2) is 22.3 Å². The molecule has 2 aromatic carbocycles. The van der Waals surface area contributed by atoms with Crippen molar-refractivity contribution in [2.45, 2.75) is 12.5 Å². The standard InChI is InChI=1S/C23H21N3O/c27-23(20-16-26-21-11-5-4-10-19(20)21)22(18-8-2-1-3-9-18)25-14-12-17-7-6-13-24-15-17/h1-11,13,15-16,22,25-26H,12,14H2/t22-/m0/s1. The summed E-state index contributed by atoms with van der Waals surface area (Å²) in [5, 5.41) is 4.40. The van der Waals surface area contributed by atoms with Gasteiger partial charge in [-0.2, -0.15) is 0 Å². The van der Waals surface area contributed by atoms with E-state index in [4.69, 9.17) is 0 Å². The fourth-order valence-corrected chi connectivity index (χ4v) is 3.35. The summed E-state index contributed by atoms with van der Waals surface area (Å²) < 4.78 is 0. The number of nitrogens with one attached hydrogen (secondary N) is 2. The molecule has 0 spiro atoms. The van der Waals surface area contributed by atoms with Crippen molar-refractivity contribution >= 4 is 16.7 Å². The van der Waals surface area contributed by atoms with Crippen LogP contribution < -0.4 is 5.32 Å². The SMILES string of the molecule is O=C(c1c[nH]c2ccccc12)[C@@H](NCCc1cccnc1)c1ccccc1. The van der Waals surface area contributed by atoms with Crippen molar-refractivity contribution in [1.82, 2.24) is 15.3 Å². The molecule has 0 saturated carbocycles. The Kier molecular flexibility index (Phi) is 5.08. The molecule has 0 aliphatic carbocycles. The predicted molar refractivity (Wildman–Crippen MR) is 108 cm³/mol. The molecule has 0 aliphatic heterocycles. The van der Waals surface area contributed by atoms with Gasteiger partial charge in [-0.25, -0.2) is 0 Å². The monoisotopic (exact) mass is 355 g/mol. The van der Waals surface area contributed by atoms with E-state index < -0.39 is 0 Å². The maximum Gasteiger partial charge on any atom is 0.186 e. The summed E-state index contributed by atoms with van der Waals surface area (Å²) in [5.41, 5.74) is 3.81. The van der Waals surface area contributed by atoms with Gasteiger partial charge in [0.05, 0.1) is 6.04 Å². The number of rotatable bonds is 7. The molecular weight excluding hydrogens is 334 g/mol.